The minimum absolute atomic E-state index is 0.103. The first-order chi connectivity index (χ1) is 14.8. The number of benzene rings is 2. The summed E-state index contributed by atoms with van der Waals surface area (Å²) in [5.74, 6) is 0.216. The predicted molar refractivity (Wildman–Crippen MR) is 119 cm³/mol. The number of anilines is 1. The molecular weight excluding hydrogens is 416 g/mol. The fourth-order valence-corrected chi connectivity index (χ4v) is 5.18. The number of hydrogen-bond acceptors (Lipinski definition) is 6. The lowest BCUT2D eigenvalue weighted by atomic mass is 10.0. The summed E-state index contributed by atoms with van der Waals surface area (Å²) >= 11 is 0. The Balaban J connectivity index is 1.52. The summed E-state index contributed by atoms with van der Waals surface area (Å²) in [5.41, 5.74) is 1.25. The Morgan fingerprint density at radius 3 is 2.35 bits per heavy atom. The quantitative estimate of drug-likeness (QED) is 0.752. The number of phenolic OH excluding ortho intramolecular Hbond substituents is 1. The maximum atomic E-state index is 13.3. The Hall–Kier alpha value is -3.07. The van der Waals surface area contributed by atoms with Gasteiger partial charge in [0.15, 0.2) is 0 Å². The molecule has 0 aromatic heterocycles. The van der Waals surface area contributed by atoms with Crippen LogP contribution in [0.5, 0.6) is 5.75 Å². The molecule has 9 heteroatoms. The lowest BCUT2D eigenvalue weighted by Crippen LogP contribution is -2.52. The van der Waals surface area contributed by atoms with Gasteiger partial charge in [0, 0.05) is 31.7 Å². The molecule has 2 N–H and O–H groups in total. The Morgan fingerprint density at radius 1 is 1.03 bits per heavy atom. The third-order valence-corrected chi connectivity index (χ3v) is 7.03. The average Bonchev–Trinajstić information content (AvgIpc) is 3.02. The van der Waals surface area contributed by atoms with E-state index in [2.05, 4.69) is 14.6 Å². The zero-order valence-electron chi connectivity index (χ0n) is 17.5. The predicted octanol–water partition coefficient (Wildman–Crippen LogP) is 1.80. The second kappa shape index (κ2) is 8.22. The van der Waals surface area contributed by atoms with Crippen LogP contribution in [-0.2, 0) is 14.8 Å². The molecule has 1 amide bonds. The number of aromatic hydroxyl groups is 1. The number of carbonyl (C=O) groups is 1. The van der Waals surface area contributed by atoms with Crippen LogP contribution in [0, 0.1) is 5.92 Å². The van der Waals surface area contributed by atoms with Crippen LogP contribution in [0.25, 0.3) is 0 Å². The van der Waals surface area contributed by atoms with Gasteiger partial charge in [-0.25, -0.2) is 8.42 Å². The highest BCUT2D eigenvalue weighted by molar-refractivity contribution is 7.90. The summed E-state index contributed by atoms with van der Waals surface area (Å²) < 4.78 is 27.2. The summed E-state index contributed by atoms with van der Waals surface area (Å²) in [6.45, 7) is 6.01. The zero-order valence-corrected chi connectivity index (χ0v) is 18.3. The van der Waals surface area contributed by atoms with E-state index in [1.807, 2.05) is 26.0 Å². The molecule has 2 aromatic rings. The van der Waals surface area contributed by atoms with E-state index in [9.17, 15) is 18.3 Å². The van der Waals surface area contributed by atoms with Crippen molar-refractivity contribution in [3.05, 3.63) is 54.1 Å². The van der Waals surface area contributed by atoms with E-state index in [4.69, 9.17) is 0 Å². The third-order valence-electron chi connectivity index (χ3n) is 5.63. The molecule has 2 aliphatic rings. The van der Waals surface area contributed by atoms with Gasteiger partial charge in [0.1, 0.15) is 17.6 Å². The number of piperazine rings is 1. The number of amides is 1. The van der Waals surface area contributed by atoms with Crippen LogP contribution < -0.4 is 9.62 Å². The molecule has 0 unspecified atom stereocenters. The number of para-hydroxylation sites is 2. The highest BCUT2D eigenvalue weighted by atomic mass is 32.2. The minimum atomic E-state index is -3.65. The monoisotopic (exact) mass is 442 g/mol. The summed E-state index contributed by atoms with van der Waals surface area (Å²) in [6.07, 6.45) is 0. The number of nitrogens with one attached hydrogen (secondary N) is 1. The first-order valence-corrected chi connectivity index (χ1v) is 11.8. The van der Waals surface area contributed by atoms with Crippen molar-refractivity contribution in [2.45, 2.75) is 24.8 Å². The molecule has 164 valence electrons. The molecule has 31 heavy (non-hydrogen) atoms. The van der Waals surface area contributed by atoms with E-state index in [0.29, 0.717) is 31.7 Å². The molecule has 0 radical (unpaired) electrons. The number of rotatable bonds is 4. The molecular formula is C22H26N4O4S. The second-order valence-electron chi connectivity index (χ2n) is 8.07. The summed E-state index contributed by atoms with van der Waals surface area (Å²) in [6, 6.07) is 13.1. The van der Waals surface area contributed by atoms with Gasteiger partial charge in [-0.05, 0) is 30.2 Å². The van der Waals surface area contributed by atoms with Gasteiger partial charge in [-0.2, -0.15) is 0 Å². The van der Waals surface area contributed by atoms with E-state index >= 15 is 0 Å². The minimum Gasteiger partial charge on any atom is -0.506 e. The molecule has 0 spiro atoms. The summed E-state index contributed by atoms with van der Waals surface area (Å²) in [5, 5.41) is 10.1. The van der Waals surface area contributed by atoms with Crippen molar-refractivity contribution in [1.29, 1.82) is 0 Å². The van der Waals surface area contributed by atoms with Crippen molar-refractivity contribution in [3.63, 3.8) is 0 Å². The Kier molecular flexibility index (Phi) is 5.62. The first kappa shape index (κ1) is 21.2. The Morgan fingerprint density at radius 2 is 1.68 bits per heavy atom. The fourth-order valence-electron chi connectivity index (χ4n) is 3.94. The van der Waals surface area contributed by atoms with E-state index in [1.165, 1.54) is 6.07 Å². The standard InChI is InChI=1S/C22H26N4O4S/c1-15(2)20(23-21-16-7-3-6-10-19(16)31(29,30)24-21)22(28)26-13-11-25(12-14-26)17-8-4-5-9-18(17)27/h3-10,15,20,27H,11-14H2,1-2H3,(H,23,24)/t20-/m1/s1. The highest BCUT2D eigenvalue weighted by Gasteiger charge is 2.34. The van der Waals surface area contributed by atoms with E-state index in [-0.39, 0.29) is 28.3 Å². The maximum Gasteiger partial charge on any atom is 0.263 e. The highest BCUT2D eigenvalue weighted by Crippen LogP contribution is 2.28. The van der Waals surface area contributed by atoms with Crippen LogP contribution >= 0.6 is 0 Å². The number of aliphatic imine (C=N–C) groups is 1. The van der Waals surface area contributed by atoms with E-state index < -0.39 is 16.1 Å². The molecule has 2 aromatic carbocycles. The molecule has 0 saturated carbocycles. The molecule has 8 nitrogen and oxygen atoms in total. The SMILES string of the molecule is CC(C)[C@@H](N=C1NS(=O)(=O)c2ccccc21)C(=O)N1CCN(c2ccccc2O)CC1. The molecule has 2 heterocycles. The molecule has 1 saturated heterocycles. The first-order valence-electron chi connectivity index (χ1n) is 10.3. The van der Waals surface area contributed by atoms with Gasteiger partial charge in [-0.1, -0.05) is 38.1 Å². The van der Waals surface area contributed by atoms with Crippen molar-refractivity contribution in [3.8, 4) is 5.75 Å². The normalized spacial score (nSPS) is 19.9. The molecule has 4 rings (SSSR count). The van der Waals surface area contributed by atoms with Gasteiger partial charge in [-0.3, -0.25) is 14.5 Å². The largest absolute Gasteiger partial charge is 0.506 e. The Labute approximate surface area is 182 Å². The van der Waals surface area contributed by atoms with Gasteiger partial charge in [0.2, 0.25) is 5.91 Å². The van der Waals surface area contributed by atoms with Gasteiger partial charge >= 0.3 is 0 Å². The molecule has 1 fully saturated rings. The van der Waals surface area contributed by atoms with Gasteiger partial charge in [0.05, 0.1) is 10.6 Å². The van der Waals surface area contributed by atoms with Gasteiger partial charge in [0.25, 0.3) is 10.0 Å². The Bertz CT molecular complexity index is 1120. The smallest absolute Gasteiger partial charge is 0.263 e. The number of fused-ring (bicyclic) bond motifs is 1. The number of sulfonamides is 1. The van der Waals surface area contributed by atoms with Gasteiger partial charge in [-0.15, -0.1) is 0 Å². The number of phenols is 1. The fraction of sp³-hybridized carbons (Fsp3) is 0.364. The van der Waals surface area contributed by atoms with Crippen molar-refractivity contribution >= 4 is 27.5 Å². The number of carbonyl (C=O) groups excluding carboxylic acids is 1. The average molecular weight is 443 g/mol. The van der Waals surface area contributed by atoms with Crippen molar-refractivity contribution in [1.82, 2.24) is 9.62 Å². The third kappa shape index (κ3) is 4.10. The molecule has 1 atom stereocenters. The maximum absolute atomic E-state index is 13.3. The number of hydrogen-bond donors (Lipinski definition) is 2. The lowest BCUT2D eigenvalue weighted by Gasteiger charge is -2.37. The van der Waals surface area contributed by atoms with Crippen LogP contribution in [0.1, 0.15) is 19.4 Å². The van der Waals surface area contributed by atoms with Crippen LogP contribution in [-0.4, -0.2) is 62.4 Å². The zero-order chi connectivity index (χ0) is 22.2. The molecule has 2 aliphatic heterocycles. The number of nitrogens with zero attached hydrogens (tertiary/aromatic N) is 3. The molecule has 0 aliphatic carbocycles. The van der Waals surface area contributed by atoms with Crippen LogP contribution in [0.4, 0.5) is 5.69 Å². The van der Waals surface area contributed by atoms with Crippen molar-refractivity contribution < 1.29 is 18.3 Å². The van der Waals surface area contributed by atoms with Crippen LogP contribution in [0.15, 0.2) is 58.4 Å². The summed E-state index contributed by atoms with van der Waals surface area (Å²) in [7, 11) is -3.65. The van der Waals surface area contributed by atoms with E-state index in [0.717, 1.165) is 5.69 Å². The van der Waals surface area contributed by atoms with Crippen molar-refractivity contribution in [2.75, 3.05) is 31.1 Å². The van der Waals surface area contributed by atoms with Crippen LogP contribution in [0.3, 0.4) is 0 Å². The second-order valence-corrected chi connectivity index (χ2v) is 9.72. The van der Waals surface area contributed by atoms with E-state index in [1.54, 1.807) is 35.2 Å². The molecule has 0 bridgehead atoms. The van der Waals surface area contributed by atoms with Crippen LogP contribution in [0.2, 0.25) is 0 Å². The summed E-state index contributed by atoms with van der Waals surface area (Å²) in [4.78, 5) is 21.8. The lowest BCUT2D eigenvalue weighted by molar-refractivity contribution is -0.133. The van der Waals surface area contributed by atoms with Gasteiger partial charge < -0.3 is 14.9 Å². The number of amidine groups is 1. The topological polar surface area (TPSA) is 102 Å². The van der Waals surface area contributed by atoms with Crippen molar-refractivity contribution in [2.24, 2.45) is 10.9 Å².